The van der Waals surface area contributed by atoms with Crippen molar-refractivity contribution in [1.82, 2.24) is 5.32 Å². The lowest BCUT2D eigenvalue weighted by Crippen LogP contribution is -2.31. The Balaban J connectivity index is 1.83. The first kappa shape index (κ1) is 7.94. The lowest BCUT2D eigenvalue weighted by molar-refractivity contribution is 0.0942. The van der Waals surface area contributed by atoms with Crippen LogP contribution in [0.2, 0.25) is 0 Å². The summed E-state index contributed by atoms with van der Waals surface area (Å²) >= 11 is 0. The minimum Gasteiger partial charge on any atom is -0.394 e. The second-order valence-corrected chi connectivity index (χ2v) is 2.45. The van der Waals surface area contributed by atoms with Crippen LogP contribution in [0.15, 0.2) is 0 Å². The Morgan fingerprint density at radius 1 is 1.70 bits per heavy atom. The topological polar surface area (TPSA) is 65.0 Å². The van der Waals surface area contributed by atoms with Crippen LogP contribution < -0.4 is 5.32 Å². The summed E-state index contributed by atoms with van der Waals surface area (Å²) < 4.78 is 4.92. The van der Waals surface area contributed by atoms with Gasteiger partial charge >= 0.3 is 0 Å². The number of rotatable bonds is 5. The Labute approximate surface area is 59.8 Å². The average Bonchev–Trinajstić information content (AvgIpc) is 2.71. The standard InChI is InChI=1S/C6H13NO3/c8-3-5(9)1-7-2-6-4-10-6/h5-9H,1-4H2. The predicted molar refractivity (Wildman–Crippen MR) is 35.7 cm³/mol. The molecule has 2 atom stereocenters. The van der Waals surface area contributed by atoms with E-state index in [2.05, 4.69) is 5.32 Å². The molecule has 0 spiro atoms. The third kappa shape index (κ3) is 3.12. The van der Waals surface area contributed by atoms with Crippen LogP contribution in [0.3, 0.4) is 0 Å². The highest BCUT2D eigenvalue weighted by Crippen LogP contribution is 2.05. The van der Waals surface area contributed by atoms with Crippen molar-refractivity contribution in [2.24, 2.45) is 0 Å². The van der Waals surface area contributed by atoms with Crippen LogP contribution in [-0.2, 0) is 4.74 Å². The molecular weight excluding hydrogens is 134 g/mol. The Bertz CT molecular complexity index is 95.0. The van der Waals surface area contributed by atoms with Crippen LogP contribution in [-0.4, -0.2) is 48.7 Å². The molecule has 1 fully saturated rings. The normalized spacial score (nSPS) is 26.4. The first-order chi connectivity index (χ1) is 4.83. The SMILES string of the molecule is OCC(O)CNCC1CO1. The van der Waals surface area contributed by atoms with Crippen molar-refractivity contribution in [3.05, 3.63) is 0 Å². The van der Waals surface area contributed by atoms with Crippen molar-refractivity contribution in [3.8, 4) is 0 Å². The molecule has 1 rings (SSSR count). The van der Waals surface area contributed by atoms with Crippen LogP contribution in [0.25, 0.3) is 0 Å². The third-order valence-electron chi connectivity index (χ3n) is 1.37. The van der Waals surface area contributed by atoms with E-state index >= 15 is 0 Å². The number of aliphatic hydroxyl groups excluding tert-OH is 2. The van der Waals surface area contributed by atoms with E-state index < -0.39 is 6.10 Å². The van der Waals surface area contributed by atoms with Crippen molar-refractivity contribution in [2.45, 2.75) is 12.2 Å². The maximum absolute atomic E-state index is 8.84. The molecule has 0 radical (unpaired) electrons. The lowest BCUT2D eigenvalue weighted by atomic mass is 10.3. The van der Waals surface area contributed by atoms with Gasteiger partial charge in [-0.05, 0) is 0 Å². The predicted octanol–water partition coefficient (Wildman–Crippen LogP) is -1.67. The molecule has 0 aromatic rings. The van der Waals surface area contributed by atoms with E-state index in [0.29, 0.717) is 12.6 Å². The molecule has 10 heavy (non-hydrogen) atoms. The fourth-order valence-corrected chi connectivity index (χ4v) is 0.661. The maximum Gasteiger partial charge on any atom is 0.0933 e. The van der Waals surface area contributed by atoms with Gasteiger partial charge in [-0.25, -0.2) is 0 Å². The fourth-order valence-electron chi connectivity index (χ4n) is 0.661. The van der Waals surface area contributed by atoms with Crippen molar-refractivity contribution in [1.29, 1.82) is 0 Å². The second kappa shape index (κ2) is 3.88. The zero-order valence-electron chi connectivity index (χ0n) is 5.79. The average molecular weight is 147 g/mol. The summed E-state index contributed by atoms with van der Waals surface area (Å²) in [6, 6.07) is 0. The van der Waals surface area contributed by atoms with Gasteiger partial charge in [-0.2, -0.15) is 0 Å². The van der Waals surface area contributed by atoms with Crippen molar-refractivity contribution >= 4 is 0 Å². The van der Waals surface area contributed by atoms with Gasteiger partial charge in [0.05, 0.1) is 25.4 Å². The molecule has 1 heterocycles. The summed E-state index contributed by atoms with van der Waals surface area (Å²) in [6.07, 6.45) is -0.301. The first-order valence-corrected chi connectivity index (χ1v) is 3.44. The van der Waals surface area contributed by atoms with E-state index in [0.717, 1.165) is 13.2 Å². The van der Waals surface area contributed by atoms with E-state index in [1.54, 1.807) is 0 Å². The van der Waals surface area contributed by atoms with Crippen LogP contribution in [0.1, 0.15) is 0 Å². The summed E-state index contributed by atoms with van der Waals surface area (Å²) in [7, 11) is 0. The Morgan fingerprint density at radius 3 is 2.90 bits per heavy atom. The van der Waals surface area contributed by atoms with E-state index in [1.165, 1.54) is 0 Å². The molecule has 0 amide bonds. The van der Waals surface area contributed by atoms with Crippen LogP contribution >= 0.6 is 0 Å². The van der Waals surface area contributed by atoms with Crippen molar-refractivity contribution in [3.63, 3.8) is 0 Å². The zero-order valence-corrected chi connectivity index (χ0v) is 5.79. The van der Waals surface area contributed by atoms with Crippen LogP contribution in [0, 0.1) is 0 Å². The monoisotopic (exact) mass is 147 g/mol. The highest BCUT2D eigenvalue weighted by atomic mass is 16.6. The molecule has 60 valence electrons. The highest BCUT2D eigenvalue weighted by Gasteiger charge is 2.21. The molecule has 0 aromatic carbocycles. The number of ether oxygens (including phenoxy) is 1. The molecule has 3 N–H and O–H groups in total. The first-order valence-electron chi connectivity index (χ1n) is 3.44. The van der Waals surface area contributed by atoms with Crippen LogP contribution in [0.5, 0.6) is 0 Å². The molecule has 2 unspecified atom stereocenters. The summed E-state index contributed by atoms with van der Waals surface area (Å²) in [4.78, 5) is 0. The molecule has 1 saturated heterocycles. The number of hydrogen-bond donors (Lipinski definition) is 3. The van der Waals surface area contributed by atoms with Gasteiger partial charge in [0.15, 0.2) is 0 Å². The fraction of sp³-hybridized carbons (Fsp3) is 1.00. The van der Waals surface area contributed by atoms with Gasteiger partial charge < -0.3 is 20.3 Å². The molecule has 1 aliphatic heterocycles. The van der Waals surface area contributed by atoms with Crippen molar-refractivity contribution in [2.75, 3.05) is 26.3 Å². The minimum absolute atomic E-state index is 0.182. The minimum atomic E-state index is -0.640. The van der Waals surface area contributed by atoms with Gasteiger partial charge in [0, 0.05) is 13.1 Å². The molecule has 4 heteroatoms. The molecule has 0 saturated carbocycles. The number of aliphatic hydroxyl groups is 2. The smallest absolute Gasteiger partial charge is 0.0933 e. The van der Waals surface area contributed by atoms with Gasteiger partial charge in [-0.15, -0.1) is 0 Å². The van der Waals surface area contributed by atoms with Crippen LogP contribution in [0.4, 0.5) is 0 Å². The summed E-state index contributed by atoms with van der Waals surface area (Å²) in [5.41, 5.74) is 0. The molecule has 1 aliphatic rings. The van der Waals surface area contributed by atoms with Gasteiger partial charge in [-0.3, -0.25) is 0 Å². The van der Waals surface area contributed by atoms with Gasteiger partial charge in [0.25, 0.3) is 0 Å². The number of hydrogen-bond acceptors (Lipinski definition) is 4. The maximum atomic E-state index is 8.84. The summed E-state index contributed by atoms with van der Waals surface area (Å²) in [6.45, 7) is 1.86. The second-order valence-electron chi connectivity index (χ2n) is 2.45. The van der Waals surface area contributed by atoms with E-state index in [4.69, 9.17) is 14.9 Å². The lowest BCUT2D eigenvalue weighted by Gasteiger charge is -2.06. The van der Waals surface area contributed by atoms with Crippen molar-refractivity contribution < 1.29 is 14.9 Å². The largest absolute Gasteiger partial charge is 0.394 e. The summed E-state index contributed by atoms with van der Waals surface area (Å²) in [5.74, 6) is 0. The molecule has 0 aliphatic carbocycles. The summed E-state index contributed by atoms with van der Waals surface area (Å²) in [5, 5.41) is 20.2. The zero-order chi connectivity index (χ0) is 7.40. The Hall–Kier alpha value is -0.160. The third-order valence-corrected chi connectivity index (χ3v) is 1.37. The van der Waals surface area contributed by atoms with Gasteiger partial charge in [-0.1, -0.05) is 0 Å². The van der Waals surface area contributed by atoms with Gasteiger partial charge in [0.2, 0.25) is 0 Å². The van der Waals surface area contributed by atoms with E-state index in [9.17, 15) is 0 Å². The van der Waals surface area contributed by atoms with Gasteiger partial charge in [0.1, 0.15) is 0 Å². The molecular formula is C6H13NO3. The molecule has 4 nitrogen and oxygen atoms in total. The number of epoxide rings is 1. The molecule has 0 aromatic heterocycles. The Morgan fingerprint density at radius 2 is 2.40 bits per heavy atom. The quantitative estimate of drug-likeness (QED) is 0.407. The number of nitrogens with one attached hydrogen (secondary N) is 1. The van der Waals surface area contributed by atoms with E-state index in [-0.39, 0.29) is 6.61 Å². The molecule has 0 bridgehead atoms. The van der Waals surface area contributed by atoms with E-state index in [1.807, 2.05) is 0 Å². The highest BCUT2D eigenvalue weighted by molar-refractivity contribution is 4.72. The Kier molecular flexibility index (Phi) is 3.08.